The Morgan fingerprint density at radius 3 is 2.00 bits per heavy atom. The summed E-state index contributed by atoms with van der Waals surface area (Å²) >= 11 is 0. The van der Waals surface area contributed by atoms with Gasteiger partial charge in [0.1, 0.15) is 0 Å². The topological polar surface area (TPSA) is 83.5 Å². The predicted octanol–water partition coefficient (Wildman–Crippen LogP) is -0.284. The number of rotatable bonds is 2. The van der Waals surface area contributed by atoms with Crippen LogP contribution < -0.4 is 11.0 Å². The molecule has 1 atom stereocenters. The first-order chi connectivity index (χ1) is 6.22. The second kappa shape index (κ2) is 7.95. The molecule has 1 aromatic rings. The van der Waals surface area contributed by atoms with Gasteiger partial charge in [0.25, 0.3) is 0 Å². The number of aliphatic hydroxyl groups excluding tert-OH is 1. The summed E-state index contributed by atoms with van der Waals surface area (Å²) in [5, 5.41) is 8.27. The van der Waals surface area contributed by atoms with E-state index < -0.39 is 8.03 Å². The van der Waals surface area contributed by atoms with Crippen LogP contribution in [-0.4, -0.2) is 23.2 Å². The zero-order valence-corrected chi connectivity index (χ0v) is 8.18. The lowest BCUT2D eigenvalue weighted by Crippen LogP contribution is -2.02. The third-order valence-corrected chi connectivity index (χ3v) is 1.98. The molecule has 0 spiro atoms. The molecule has 4 nitrogen and oxygen atoms in total. The van der Waals surface area contributed by atoms with Crippen LogP contribution in [0.1, 0.15) is 0 Å². The lowest BCUT2D eigenvalue weighted by molar-refractivity contribution is 0.306. The first-order valence-corrected chi connectivity index (χ1v) is 5.17. The third kappa shape index (κ3) is 6.49. The van der Waals surface area contributed by atoms with Crippen molar-refractivity contribution in [1.82, 2.24) is 0 Å². The van der Waals surface area contributed by atoms with E-state index in [1.807, 2.05) is 6.07 Å². The molecule has 0 aliphatic heterocycles. The van der Waals surface area contributed by atoms with Gasteiger partial charge in [-0.25, -0.2) is 0 Å². The minimum Gasteiger partial charge on any atom is -0.395 e. The zero-order valence-electron chi connectivity index (χ0n) is 7.18. The summed E-state index contributed by atoms with van der Waals surface area (Å²) in [6, 6.07) is 8.58. The van der Waals surface area contributed by atoms with E-state index in [1.165, 1.54) is 0 Å². The molecular weight excluding hydrogens is 189 g/mol. The SMILES string of the molecule is NCCO.O=[PH](O)c1ccccc1. The summed E-state index contributed by atoms with van der Waals surface area (Å²) < 4.78 is 10.4. The highest BCUT2D eigenvalue weighted by Crippen LogP contribution is 2.10. The second-order valence-electron chi connectivity index (χ2n) is 2.18. The van der Waals surface area contributed by atoms with Gasteiger partial charge in [0.2, 0.25) is 8.03 Å². The molecule has 0 aliphatic rings. The zero-order chi connectivity index (χ0) is 10.1. The van der Waals surface area contributed by atoms with Crippen molar-refractivity contribution in [2.75, 3.05) is 13.2 Å². The largest absolute Gasteiger partial charge is 0.395 e. The van der Waals surface area contributed by atoms with Gasteiger partial charge in [-0.1, -0.05) is 18.2 Å². The van der Waals surface area contributed by atoms with Gasteiger partial charge in [0, 0.05) is 11.8 Å². The highest BCUT2D eigenvalue weighted by Gasteiger charge is 1.92. The summed E-state index contributed by atoms with van der Waals surface area (Å²) in [5.41, 5.74) is 4.78. The summed E-state index contributed by atoms with van der Waals surface area (Å²) in [6.07, 6.45) is 0. The van der Waals surface area contributed by atoms with Crippen LogP contribution in [0.15, 0.2) is 30.3 Å². The molecule has 1 unspecified atom stereocenters. The van der Waals surface area contributed by atoms with Crippen LogP contribution >= 0.6 is 8.03 Å². The number of benzene rings is 1. The third-order valence-electron chi connectivity index (χ3n) is 1.15. The van der Waals surface area contributed by atoms with Crippen molar-refractivity contribution in [1.29, 1.82) is 0 Å². The molecule has 13 heavy (non-hydrogen) atoms. The van der Waals surface area contributed by atoms with Gasteiger partial charge in [-0.15, -0.1) is 0 Å². The van der Waals surface area contributed by atoms with E-state index in [2.05, 4.69) is 0 Å². The summed E-state index contributed by atoms with van der Waals surface area (Å²) in [4.78, 5) is 8.57. The molecule has 4 N–H and O–H groups in total. The average Bonchev–Trinajstić information content (AvgIpc) is 2.19. The first-order valence-electron chi connectivity index (χ1n) is 3.81. The van der Waals surface area contributed by atoms with Gasteiger partial charge in [-0.3, -0.25) is 4.57 Å². The van der Waals surface area contributed by atoms with Gasteiger partial charge in [-0.05, 0) is 12.1 Å². The molecule has 0 fully saturated rings. The highest BCUT2D eigenvalue weighted by molar-refractivity contribution is 7.47. The van der Waals surface area contributed by atoms with E-state index in [-0.39, 0.29) is 6.61 Å². The molecule has 1 rings (SSSR count). The Hall–Kier alpha value is -0.670. The van der Waals surface area contributed by atoms with Crippen LogP contribution in [0.4, 0.5) is 0 Å². The number of aliphatic hydroxyl groups is 1. The van der Waals surface area contributed by atoms with Crippen LogP contribution in [0, 0.1) is 0 Å². The van der Waals surface area contributed by atoms with Gasteiger partial charge in [0.05, 0.1) is 6.61 Å². The Balaban J connectivity index is 0.000000310. The summed E-state index contributed by atoms with van der Waals surface area (Å²) in [7, 11) is -2.46. The first kappa shape index (κ1) is 12.3. The minimum absolute atomic E-state index is 0.0972. The molecule has 0 saturated heterocycles. The van der Waals surface area contributed by atoms with E-state index in [0.717, 1.165) is 0 Å². The van der Waals surface area contributed by atoms with Gasteiger partial charge in [-0.2, -0.15) is 0 Å². The Bertz CT molecular complexity index is 238. The van der Waals surface area contributed by atoms with Crippen molar-refractivity contribution in [2.45, 2.75) is 0 Å². The van der Waals surface area contributed by atoms with Crippen LogP contribution in [0.3, 0.4) is 0 Å². The van der Waals surface area contributed by atoms with Crippen molar-refractivity contribution in [3.8, 4) is 0 Å². The molecule has 0 aliphatic carbocycles. The van der Waals surface area contributed by atoms with Crippen molar-refractivity contribution in [2.24, 2.45) is 5.73 Å². The fraction of sp³-hybridized carbons (Fsp3) is 0.250. The second-order valence-corrected chi connectivity index (χ2v) is 3.37. The normalized spacial score (nSPS) is 11.3. The lowest BCUT2D eigenvalue weighted by Gasteiger charge is -1.90. The molecule has 5 heteroatoms. The van der Waals surface area contributed by atoms with E-state index in [0.29, 0.717) is 11.8 Å². The van der Waals surface area contributed by atoms with Crippen molar-refractivity contribution < 1.29 is 14.6 Å². The number of hydrogen-bond acceptors (Lipinski definition) is 3. The van der Waals surface area contributed by atoms with Crippen LogP contribution in [-0.2, 0) is 4.57 Å². The Morgan fingerprint density at radius 2 is 1.77 bits per heavy atom. The van der Waals surface area contributed by atoms with E-state index in [1.54, 1.807) is 24.3 Å². The molecular formula is C8H14NO3P. The molecule has 0 heterocycles. The quantitative estimate of drug-likeness (QED) is 0.577. The van der Waals surface area contributed by atoms with Crippen LogP contribution in [0.5, 0.6) is 0 Å². The lowest BCUT2D eigenvalue weighted by atomic mass is 10.4. The van der Waals surface area contributed by atoms with Crippen molar-refractivity contribution in [3.63, 3.8) is 0 Å². The van der Waals surface area contributed by atoms with E-state index in [4.69, 9.17) is 15.7 Å². The maximum atomic E-state index is 10.4. The van der Waals surface area contributed by atoms with Crippen LogP contribution in [0.25, 0.3) is 0 Å². The van der Waals surface area contributed by atoms with Gasteiger partial charge >= 0.3 is 0 Å². The van der Waals surface area contributed by atoms with E-state index in [9.17, 15) is 4.57 Å². The molecule has 74 valence electrons. The Kier molecular flexibility index (Phi) is 7.54. The standard InChI is InChI=1S/C6H7O2P.C2H7NO/c7-9(8)6-4-2-1-3-5-6;3-1-2-4/h1-5,9H,(H,7,8);4H,1-3H2. The van der Waals surface area contributed by atoms with Gasteiger partial charge in [0.15, 0.2) is 0 Å². The van der Waals surface area contributed by atoms with E-state index >= 15 is 0 Å². The summed E-state index contributed by atoms with van der Waals surface area (Å²) in [6.45, 7) is 0.472. The maximum Gasteiger partial charge on any atom is 0.218 e. The molecule has 0 bridgehead atoms. The fourth-order valence-electron chi connectivity index (χ4n) is 0.581. The summed E-state index contributed by atoms with van der Waals surface area (Å²) in [5.74, 6) is 0. The molecule has 0 aromatic heterocycles. The maximum absolute atomic E-state index is 10.4. The average molecular weight is 203 g/mol. The minimum atomic E-state index is -2.46. The molecule has 0 radical (unpaired) electrons. The predicted molar refractivity (Wildman–Crippen MR) is 53.4 cm³/mol. The smallest absolute Gasteiger partial charge is 0.218 e. The highest BCUT2D eigenvalue weighted by atomic mass is 31.1. The molecule has 0 saturated carbocycles. The number of hydrogen-bond donors (Lipinski definition) is 3. The number of nitrogens with two attached hydrogens (primary N) is 1. The Morgan fingerprint density at radius 1 is 1.31 bits per heavy atom. The Labute approximate surface area is 77.9 Å². The van der Waals surface area contributed by atoms with Crippen molar-refractivity contribution in [3.05, 3.63) is 30.3 Å². The van der Waals surface area contributed by atoms with Gasteiger partial charge < -0.3 is 15.7 Å². The molecule has 0 amide bonds. The molecule has 1 aromatic carbocycles. The monoisotopic (exact) mass is 203 g/mol. The van der Waals surface area contributed by atoms with Crippen molar-refractivity contribution >= 4 is 13.3 Å². The fourth-order valence-corrected chi connectivity index (χ4v) is 1.06. The van der Waals surface area contributed by atoms with Crippen LogP contribution in [0.2, 0.25) is 0 Å².